The number of nitrogens with one attached hydrogen (secondary N) is 1. The van der Waals surface area contributed by atoms with Gasteiger partial charge in [0.05, 0.1) is 0 Å². The van der Waals surface area contributed by atoms with E-state index in [1.165, 1.54) is 5.56 Å². The Morgan fingerprint density at radius 2 is 1.73 bits per heavy atom. The van der Waals surface area contributed by atoms with E-state index >= 15 is 0 Å². The Bertz CT molecular complexity index is 632. The molecular formula is C19H23NO2. The zero-order valence-corrected chi connectivity index (χ0v) is 13.6. The maximum atomic E-state index is 12.2. The normalized spacial score (nSPS) is 12.0. The Hall–Kier alpha value is -2.29. The van der Waals surface area contributed by atoms with Crippen LogP contribution < -0.4 is 10.1 Å². The largest absolute Gasteiger partial charge is 0.481 e. The van der Waals surface area contributed by atoms with E-state index in [9.17, 15) is 4.79 Å². The summed E-state index contributed by atoms with van der Waals surface area (Å²) in [4.78, 5) is 12.2. The van der Waals surface area contributed by atoms with Crippen molar-refractivity contribution in [2.45, 2.75) is 39.7 Å². The zero-order chi connectivity index (χ0) is 16.1. The first-order chi connectivity index (χ1) is 10.5. The molecule has 0 aromatic heterocycles. The number of carbonyl (C=O) groups is 1. The molecule has 1 N–H and O–H groups in total. The van der Waals surface area contributed by atoms with Crippen LogP contribution in [0.2, 0.25) is 0 Å². The molecule has 0 radical (unpaired) electrons. The molecule has 0 unspecified atom stereocenters. The van der Waals surface area contributed by atoms with Crippen molar-refractivity contribution in [1.29, 1.82) is 0 Å². The van der Waals surface area contributed by atoms with Gasteiger partial charge in [0.25, 0.3) is 5.91 Å². The van der Waals surface area contributed by atoms with Crippen LogP contribution in [0.4, 0.5) is 5.69 Å². The lowest BCUT2D eigenvalue weighted by Crippen LogP contribution is -2.30. The molecule has 3 heteroatoms. The number of carbonyl (C=O) groups excluding carboxylic acids is 1. The van der Waals surface area contributed by atoms with Crippen LogP contribution in [0, 0.1) is 6.92 Å². The summed E-state index contributed by atoms with van der Waals surface area (Å²) in [5.74, 6) is 1.03. The standard InChI is InChI=1S/C19H23NO2/c1-13(2)16-8-10-18(11-9-16)22-15(4)19(21)20-17-7-5-6-14(3)12-17/h5-13,15H,1-4H3,(H,20,21)/t15-/m1/s1. The molecule has 2 aromatic carbocycles. The minimum atomic E-state index is -0.551. The monoisotopic (exact) mass is 297 g/mol. The third-order valence-electron chi connectivity index (χ3n) is 3.51. The molecule has 0 heterocycles. The van der Waals surface area contributed by atoms with Crippen molar-refractivity contribution in [3.8, 4) is 5.75 Å². The van der Waals surface area contributed by atoms with Gasteiger partial charge in [0.2, 0.25) is 0 Å². The fourth-order valence-corrected chi connectivity index (χ4v) is 2.16. The molecule has 0 aliphatic carbocycles. The molecule has 0 aliphatic heterocycles. The lowest BCUT2D eigenvalue weighted by Gasteiger charge is -2.15. The molecule has 3 nitrogen and oxygen atoms in total. The summed E-state index contributed by atoms with van der Waals surface area (Å²) in [6.45, 7) is 8.04. The van der Waals surface area contributed by atoms with E-state index in [0.29, 0.717) is 11.7 Å². The van der Waals surface area contributed by atoms with Crippen LogP contribution in [-0.2, 0) is 4.79 Å². The van der Waals surface area contributed by atoms with Crippen LogP contribution in [0.3, 0.4) is 0 Å². The SMILES string of the molecule is Cc1cccc(NC(=O)[C@@H](C)Oc2ccc(C(C)C)cc2)c1. The average Bonchev–Trinajstić information content (AvgIpc) is 2.47. The number of ether oxygens (including phenoxy) is 1. The van der Waals surface area contributed by atoms with E-state index in [1.807, 2.05) is 55.5 Å². The van der Waals surface area contributed by atoms with E-state index in [-0.39, 0.29) is 5.91 Å². The predicted octanol–water partition coefficient (Wildman–Crippen LogP) is 4.52. The number of hydrogen-bond acceptors (Lipinski definition) is 2. The molecule has 1 atom stereocenters. The summed E-state index contributed by atoms with van der Waals surface area (Å²) in [5.41, 5.74) is 3.15. The Morgan fingerprint density at radius 1 is 1.05 bits per heavy atom. The summed E-state index contributed by atoms with van der Waals surface area (Å²) in [5, 5.41) is 2.87. The molecule has 0 bridgehead atoms. The van der Waals surface area contributed by atoms with Gasteiger partial charge in [-0.2, -0.15) is 0 Å². The fourth-order valence-electron chi connectivity index (χ4n) is 2.16. The van der Waals surface area contributed by atoms with Crippen LogP contribution in [-0.4, -0.2) is 12.0 Å². The summed E-state index contributed by atoms with van der Waals surface area (Å²) < 4.78 is 5.70. The first kappa shape index (κ1) is 16.1. The minimum Gasteiger partial charge on any atom is -0.481 e. The summed E-state index contributed by atoms with van der Waals surface area (Å²) >= 11 is 0. The molecule has 0 fully saturated rings. The van der Waals surface area contributed by atoms with Crippen LogP contribution in [0.5, 0.6) is 5.75 Å². The summed E-state index contributed by atoms with van der Waals surface area (Å²) in [6, 6.07) is 15.6. The molecule has 0 spiro atoms. The topological polar surface area (TPSA) is 38.3 Å². The number of rotatable bonds is 5. The molecular weight excluding hydrogens is 274 g/mol. The molecule has 0 saturated heterocycles. The van der Waals surface area contributed by atoms with Gasteiger partial charge in [0.1, 0.15) is 5.75 Å². The van der Waals surface area contributed by atoms with Gasteiger partial charge < -0.3 is 10.1 Å². The zero-order valence-electron chi connectivity index (χ0n) is 13.6. The van der Waals surface area contributed by atoms with E-state index in [4.69, 9.17) is 4.74 Å². The fraction of sp³-hybridized carbons (Fsp3) is 0.316. The molecule has 2 aromatic rings. The van der Waals surface area contributed by atoms with Gasteiger partial charge in [0, 0.05) is 5.69 Å². The highest BCUT2D eigenvalue weighted by Gasteiger charge is 2.15. The van der Waals surface area contributed by atoms with Crippen LogP contribution >= 0.6 is 0 Å². The van der Waals surface area contributed by atoms with Crippen molar-refractivity contribution < 1.29 is 9.53 Å². The smallest absolute Gasteiger partial charge is 0.265 e. The van der Waals surface area contributed by atoms with Crippen LogP contribution in [0.1, 0.15) is 37.8 Å². The Balaban J connectivity index is 1.96. The Morgan fingerprint density at radius 3 is 2.32 bits per heavy atom. The lowest BCUT2D eigenvalue weighted by molar-refractivity contribution is -0.122. The van der Waals surface area contributed by atoms with Crippen LogP contribution in [0.25, 0.3) is 0 Å². The van der Waals surface area contributed by atoms with Crippen LogP contribution in [0.15, 0.2) is 48.5 Å². The van der Waals surface area contributed by atoms with Gasteiger partial charge in [0.15, 0.2) is 6.10 Å². The van der Waals surface area contributed by atoms with Crippen molar-refractivity contribution in [2.24, 2.45) is 0 Å². The van der Waals surface area contributed by atoms with Gasteiger partial charge in [-0.05, 0) is 55.2 Å². The van der Waals surface area contributed by atoms with Crippen molar-refractivity contribution in [3.63, 3.8) is 0 Å². The minimum absolute atomic E-state index is 0.154. The van der Waals surface area contributed by atoms with Gasteiger partial charge in [-0.25, -0.2) is 0 Å². The van der Waals surface area contributed by atoms with E-state index in [2.05, 4.69) is 19.2 Å². The Kier molecular flexibility index (Phi) is 5.21. The third kappa shape index (κ3) is 4.35. The van der Waals surface area contributed by atoms with E-state index in [1.54, 1.807) is 6.92 Å². The van der Waals surface area contributed by atoms with Crippen molar-refractivity contribution >= 4 is 11.6 Å². The maximum absolute atomic E-state index is 12.2. The van der Waals surface area contributed by atoms with Crippen molar-refractivity contribution in [2.75, 3.05) is 5.32 Å². The molecule has 22 heavy (non-hydrogen) atoms. The quantitative estimate of drug-likeness (QED) is 0.881. The third-order valence-corrected chi connectivity index (χ3v) is 3.51. The highest BCUT2D eigenvalue weighted by Crippen LogP contribution is 2.19. The highest BCUT2D eigenvalue weighted by molar-refractivity contribution is 5.94. The molecule has 2 rings (SSSR count). The first-order valence-corrected chi connectivity index (χ1v) is 7.60. The summed E-state index contributed by atoms with van der Waals surface area (Å²) in [7, 11) is 0. The summed E-state index contributed by atoms with van der Waals surface area (Å²) in [6.07, 6.45) is -0.551. The van der Waals surface area contributed by atoms with Gasteiger partial charge >= 0.3 is 0 Å². The molecule has 1 amide bonds. The molecule has 116 valence electrons. The second kappa shape index (κ2) is 7.12. The predicted molar refractivity (Wildman–Crippen MR) is 90.4 cm³/mol. The molecule has 0 saturated carbocycles. The number of amides is 1. The van der Waals surface area contributed by atoms with Gasteiger partial charge in [-0.15, -0.1) is 0 Å². The lowest BCUT2D eigenvalue weighted by atomic mass is 10.0. The van der Waals surface area contributed by atoms with Gasteiger partial charge in [-0.3, -0.25) is 4.79 Å². The average molecular weight is 297 g/mol. The van der Waals surface area contributed by atoms with Gasteiger partial charge in [-0.1, -0.05) is 38.1 Å². The van der Waals surface area contributed by atoms with Crippen molar-refractivity contribution in [3.05, 3.63) is 59.7 Å². The van der Waals surface area contributed by atoms with Crippen molar-refractivity contribution in [1.82, 2.24) is 0 Å². The maximum Gasteiger partial charge on any atom is 0.265 e. The highest BCUT2D eigenvalue weighted by atomic mass is 16.5. The second-order valence-corrected chi connectivity index (χ2v) is 5.84. The second-order valence-electron chi connectivity index (χ2n) is 5.84. The Labute approximate surface area is 132 Å². The van der Waals surface area contributed by atoms with E-state index < -0.39 is 6.10 Å². The number of hydrogen-bond donors (Lipinski definition) is 1. The molecule has 0 aliphatic rings. The first-order valence-electron chi connectivity index (χ1n) is 7.60. The number of anilines is 1. The number of benzene rings is 2. The number of aryl methyl sites for hydroxylation is 1. The van der Waals surface area contributed by atoms with E-state index in [0.717, 1.165) is 11.3 Å².